The maximum Gasteiger partial charge on any atom is 0.243 e. The third-order valence-electron chi connectivity index (χ3n) is 15.4. The molecule has 6 aliphatic rings. The summed E-state index contributed by atoms with van der Waals surface area (Å²) in [7, 11) is 1.88. The number of hydrogen-bond donors (Lipinski definition) is 2. The third kappa shape index (κ3) is 7.17. The van der Waals surface area contributed by atoms with Crippen LogP contribution >= 0.6 is 0 Å². The topological polar surface area (TPSA) is 128 Å². The van der Waals surface area contributed by atoms with Crippen molar-refractivity contribution in [1.82, 2.24) is 25.1 Å². The summed E-state index contributed by atoms with van der Waals surface area (Å²) in [6.45, 7) is 6.24. The maximum atomic E-state index is 12.6. The molecule has 2 N–H and O–H groups in total. The lowest BCUT2D eigenvalue weighted by Crippen LogP contribution is -2.51. The van der Waals surface area contributed by atoms with Crippen LogP contribution in [0, 0.1) is 11.3 Å². The highest BCUT2D eigenvalue weighted by Crippen LogP contribution is 2.54. The summed E-state index contributed by atoms with van der Waals surface area (Å²) >= 11 is 0. The van der Waals surface area contributed by atoms with Crippen molar-refractivity contribution in [3.05, 3.63) is 112 Å². The van der Waals surface area contributed by atoms with Gasteiger partial charge in [-0.2, -0.15) is 0 Å². The number of fused-ring (bicyclic) bond motifs is 3. The van der Waals surface area contributed by atoms with E-state index in [0.717, 1.165) is 93.4 Å². The molecule has 60 heavy (non-hydrogen) atoms. The van der Waals surface area contributed by atoms with Crippen LogP contribution in [-0.2, 0) is 28.0 Å². The van der Waals surface area contributed by atoms with Crippen LogP contribution in [0.3, 0.4) is 0 Å². The number of ether oxygens (including phenoxy) is 1. The molecule has 11 heteroatoms. The zero-order chi connectivity index (χ0) is 41.0. The number of phenolic OH excluding ortho intramolecular Hbond substituents is 1. The van der Waals surface area contributed by atoms with E-state index in [1.165, 1.54) is 47.9 Å². The van der Waals surface area contributed by atoms with Crippen molar-refractivity contribution in [3.8, 4) is 11.5 Å². The van der Waals surface area contributed by atoms with Crippen molar-refractivity contribution < 1.29 is 24.2 Å². The number of carbonyl (C=O) groups is 3. The number of piperidine rings is 3. The third-order valence-corrected chi connectivity index (χ3v) is 15.4. The molecule has 0 bridgehead atoms. The summed E-state index contributed by atoms with van der Waals surface area (Å²) in [5.41, 5.74) is 7.97. The van der Waals surface area contributed by atoms with Crippen molar-refractivity contribution in [2.45, 2.75) is 94.0 Å². The summed E-state index contributed by atoms with van der Waals surface area (Å²) in [4.78, 5) is 53.4. The highest BCUT2D eigenvalue weighted by Gasteiger charge is 2.49. The Morgan fingerprint density at radius 2 is 1.68 bits per heavy atom. The second-order valence-corrected chi connectivity index (χ2v) is 18.9. The summed E-state index contributed by atoms with van der Waals surface area (Å²) in [5.74, 6) is 2.67. The zero-order valence-electron chi connectivity index (χ0n) is 34.7. The molecular weight excluding hydrogens is 753 g/mol. The standard InChI is InChI=1S/C49H56N6O5/c1-53(42-13-14-43(58)52-46(42)59)29-40-35(30-56)8-12-41-45(40)60-31-49(41)17-19-54(20-18-49)28-32-24-48(25-32)15-21-55(22-16-48)47-50-26-36(27-51-47)44-38(33-5-3-2-4-6-33)10-7-34-23-37(57)9-11-39(34)44/h2-6,8-9,11-12,23,26-27,30,32,38,42,44,57H,7,10,13-22,24-25,28-29,31H2,1H3,(H,52,58,59). The number of hydrogen-bond acceptors (Lipinski definition) is 10. The molecule has 3 aromatic carbocycles. The highest BCUT2D eigenvalue weighted by atomic mass is 16.5. The van der Waals surface area contributed by atoms with Crippen molar-refractivity contribution in [3.63, 3.8) is 0 Å². The number of imide groups is 1. The minimum atomic E-state index is -0.417. The number of benzene rings is 3. The molecule has 4 fully saturated rings. The zero-order valence-corrected chi connectivity index (χ0v) is 34.7. The second kappa shape index (κ2) is 15.7. The first-order chi connectivity index (χ1) is 29.2. The number of likely N-dealkylation sites (tertiary alicyclic amines) is 1. The van der Waals surface area contributed by atoms with Gasteiger partial charge in [0, 0.05) is 73.0 Å². The molecule has 10 rings (SSSR count). The average molecular weight is 809 g/mol. The van der Waals surface area contributed by atoms with Crippen LogP contribution < -0.4 is 15.0 Å². The van der Waals surface area contributed by atoms with E-state index in [1.54, 1.807) is 0 Å². The second-order valence-electron chi connectivity index (χ2n) is 18.9. The van der Waals surface area contributed by atoms with E-state index in [4.69, 9.17) is 14.7 Å². The van der Waals surface area contributed by atoms with Gasteiger partial charge in [-0.15, -0.1) is 0 Å². The number of aromatic nitrogens is 2. The number of rotatable bonds is 9. The first-order valence-corrected chi connectivity index (χ1v) is 22.1. The molecule has 2 spiro atoms. The number of aldehydes is 1. The smallest absolute Gasteiger partial charge is 0.243 e. The molecule has 3 atom stereocenters. The molecule has 4 aromatic rings. The molecule has 4 aliphatic heterocycles. The van der Waals surface area contributed by atoms with Gasteiger partial charge in [-0.3, -0.25) is 24.6 Å². The fourth-order valence-corrected chi connectivity index (χ4v) is 12.0. The van der Waals surface area contributed by atoms with E-state index in [-0.39, 0.29) is 23.1 Å². The maximum absolute atomic E-state index is 12.6. The first-order valence-electron chi connectivity index (χ1n) is 22.1. The van der Waals surface area contributed by atoms with Gasteiger partial charge in [0.1, 0.15) is 11.5 Å². The summed E-state index contributed by atoms with van der Waals surface area (Å²) in [6, 6.07) is 20.2. The minimum Gasteiger partial charge on any atom is -0.508 e. The molecule has 2 amide bonds. The van der Waals surface area contributed by atoms with Gasteiger partial charge in [0.05, 0.1) is 12.6 Å². The van der Waals surface area contributed by atoms with E-state index in [2.05, 4.69) is 70.0 Å². The van der Waals surface area contributed by atoms with Crippen molar-refractivity contribution in [2.24, 2.45) is 11.3 Å². The fraction of sp³-hybridized carbons (Fsp3) is 0.490. The van der Waals surface area contributed by atoms with Gasteiger partial charge in [-0.25, -0.2) is 9.97 Å². The molecule has 1 saturated carbocycles. The van der Waals surface area contributed by atoms with Gasteiger partial charge >= 0.3 is 0 Å². The number of nitrogens with one attached hydrogen (secondary N) is 1. The number of anilines is 1. The van der Waals surface area contributed by atoms with E-state index in [0.29, 0.717) is 48.6 Å². The van der Waals surface area contributed by atoms with Crippen molar-refractivity contribution in [2.75, 3.05) is 51.3 Å². The number of amides is 2. The van der Waals surface area contributed by atoms with E-state index < -0.39 is 6.04 Å². The van der Waals surface area contributed by atoms with Crippen LogP contribution in [0.2, 0.25) is 0 Å². The van der Waals surface area contributed by atoms with Gasteiger partial charge in [-0.1, -0.05) is 48.5 Å². The van der Waals surface area contributed by atoms with Gasteiger partial charge in [0.15, 0.2) is 6.29 Å². The Morgan fingerprint density at radius 1 is 0.917 bits per heavy atom. The average Bonchev–Trinajstić information content (AvgIpc) is 3.61. The van der Waals surface area contributed by atoms with Crippen LogP contribution in [0.15, 0.2) is 73.1 Å². The lowest BCUT2D eigenvalue weighted by molar-refractivity contribution is -0.137. The monoisotopic (exact) mass is 808 g/mol. The number of likely N-dealkylation sites (N-methyl/N-ethyl adjacent to an activating group) is 1. The Kier molecular flexibility index (Phi) is 10.2. The normalized spacial score (nSPS) is 24.8. The van der Waals surface area contributed by atoms with Gasteiger partial charge in [0.25, 0.3) is 0 Å². The molecule has 3 saturated heterocycles. The summed E-state index contributed by atoms with van der Waals surface area (Å²) in [6.07, 6.45) is 14.8. The SMILES string of the molecule is CN(Cc1c(C=O)ccc2c1OCC21CCN(CC2CC3(CCN(c4ncc(C5c6ccc(O)cc6CCC5c5ccccc5)cn4)CC3)C2)CC1)C1CCC(=O)NC1=O. The van der Waals surface area contributed by atoms with Crippen LogP contribution in [0.25, 0.3) is 0 Å². The Balaban J connectivity index is 0.730. The number of aromatic hydroxyl groups is 1. The van der Waals surface area contributed by atoms with Crippen LogP contribution in [0.1, 0.15) is 113 Å². The summed E-state index contributed by atoms with van der Waals surface area (Å²) < 4.78 is 6.45. The molecule has 1 aromatic heterocycles. The quantitative estimate of drug-likeness (QED) is 0.143. The van der Waals surface area contributed by atoms with E-state index >= 15 is 0 Å². The van der Waals surface area contributed by atoms with E-state index in [9.17, 15) is 19.5 Å². The largest absolute Gasteiger partial charge is 0.508 e. The number of phenols is 1. The molecule has 312 valence electrons. The van der Waals surface area contributed by atoms with Crippen LogP contribution in [0.4, 0.5) is 5.95 Å². The minimum absolute atomic E-state index is 0.0579. The fourth-order valence-electron chi connectivity index (χ4n) is 12.0. The molecular formula is C49H56N6O5. The number of aryl methyl sites for hydroxylation is 1. The van der Waals surface area contributed by atoms with Crippen molar-refractivity contribution in [1.29, 1.82) is 0 Å². The van der Waals surface area contributed by atoms with Gasteiger partial charge in [-0.05, 0) is 130 Å². The first kappa shape index (κ1) is 39.0. The molecule has 5 heterocycles. The lowest BCUT2D eigenvalue weighted by Gasteiger charge is -2.53. The van der Waals surface area contributed by atoms with Crippen molar-refractivity contribution >= 4 is 24.0 Å². The Morgan fingerprint density at radius 3 is 2.42 bits per heavy atom. The van der Waals surface area contributed by atoms with Crippen LogP contribution in [0.5, 0.6) is 11.5 Å². The predicted octanol–water partition coefficient (Wildman–Crippen LogP) is 6.52. The Bertz CT molecular complexity index is 2260. The Hall–Kier alpha value is -5.13. The number of carbonyl (C=O) groups excluding carboxylic acids is 3. The molecule has 3 unspecified atom stereocenters. The lowest BCUT2D eigenvalue weighted by atomic mass is 9.57. The molecule has 2 aliphatic carbocycles. The van der Waals surface area contributed by atoms with Crippen LogP contribution in [-0.4, -0.2) is 95.4 Å². The van der Waals surface area contributed by atoms with Gasteiger partial charge < -0.3 is 19.6 Å². The highest BCUT2D eigenvalue weighted by molar-refractivity contribution is 6.00. The predicted molar refractivity (Wildman–Crippen MR) is 228 cm³/mol. The molecule has 0 radical (unpaired) electrons. The number of nitrogens with zero attached hydrogens (tertiary/aromatic N) is 5. The molecule has 11 nitrogen and oxygen atoms in total. The Labute approximate surface area is 352 Å². The van der Waals surface area contributed by atoms with E-state index in [1.807, 2.05) is 30.1 Å². The summed E-state index contributed by atoms with van der Waals surface area (Å²) in [5, 5.41) is 12.7. The van der Waals surface area contributed by atoms with Gasteiger partial charge in [0.2, 0.25) is 17.8 Å².